The van der Waals surface area contributed by atoms with E-state index in [0.29, 0.717) is 5.41 Å². The lowest BCUT2D eigenvalue weighted by Crippen LogP contribution is -2.48. The van der Waals surface area contributed by atoms with E-state index < -0.39 is 0 Å². The Labute approximate surface area is 139 Å². The minimum absolute atomic E-state index is 0.504. The molecule has 0 spiro atoms. The van der Waals surface area contributed by atoms with Crippen molar-refractivity contribution in [1.29, 1.82) is 0 Å². The molecule has 0 atom stereocenters. The first kappa shape index (κ1) is 13.9. The minimum Gasteiger partial charge on any atom is -0.321 e. The van der Waals surface area contributed by atoms with E-state index in [2.05, 4.69) is 54.9 Å². The molecule has 1 heteroatoms. The van der Waals surface area contributed by atoms with Gasteiger partial charge in [-0.1, -0.05) is 18.2 Å². The fourth-order valence-electron chi connectivity index (χ4n) is 6.53. The van der Waals surface area contributed by atoms with Gasteiger partial charge in [0.1, 0.15) is 0 Å². The van der Waals surface area contributed by atoms with Gasteiger partial charge < -0.3 is 4.57 Å². The summed E-state index contributed by atoms with van der Waals surface area (Å²) in [6.45, 7) is 4.66. The summed E-state index contributed by atoms with van der Waals surface area (Å²) < 4.78 is 2.43. The maximum Gasteiger partial charge on any atom is 0.0452 e. The van der Waals surface area contributed by atoms with Crippen LogP contribution in [-0.2, 0) is 5.41 Å². The molecule has 23 heavy (non-hydrogen) atoms. The van der Waals surface area contributed by atoms with E-state index in [1.807, 2.05) is 0 Å². The zero-order valence-electron chi connectivity index (χ0n) is 14.4. The smallest absolute Gasteiger partial charge is 0.0452 e. The van der Waals surface area contributed by atoms with Crippen molar-refractivity contribution in [2.45, 2.75) is 57.8 Å². The second-order valence-corrected chi connectivity index (χ2v) is 8.66. The van der Waals surface area contributed by atoms with Crippen molar-refractivity contribution in [2.24, 2.45) is 17.8 Å². The van der Waals surface area contributed by atoms with Crippen molar-refractivity contribution in [3.05, 3.63) is 53.3 Å². The zero-order valence-corrected chi connectivity index (χ0v) is 14.4. The molecule has 1 aromatic carbocycles. The average molecular weight is 305 g/mol. The highest BCUT2D eigenvalue weighted by Crippen LogP contribution is 2.61. The van der Waals surface area contributed by atoms with Crippen LogP contribution < -0.4 is 0 Å². The predicted molar refractivity (Wildman–Crippen MR) is 95.1 cm³/mol. The van der Waals surface area contributed by atoms with E-state index in [0.717, 1.165) is 17.8 Å². The number of para-hydroxylation sites is 1. The van der Waals surface area contributed by atoms with Crippen molar-refractivity contribution in [3.8, 4) is 5.69 Å². The summed E-state index contributed by atoms with van der Waals surface area (Å²) in [5, 5.41) is 0. The highest BCUT2D eigenvalue weighted by molar-refractivity contribution is 5.45. The van der Waals surface area contributed by atoms with Crippen LogP contribution in [0.4, 0.5) is 0 Å². The van der Waals surface area contributed by atoms with Gasteiger partial charge in [0.15, 0.2) is 0 Å². The SMILES string of the molecule is Cc1c(C23CC4CC(CC(C4)C2)C3)cn(-c2ccccc2)c1C. The molecular formula is C22H27N. The molecule has 0 radical (unpaired) electrons. The van der Waals surface area contributed by atoms with Crippen molar-refractivity contribution < 1.29 is 0 Å². The molecule has 120 valence electrons. The normalized spacial score (nSPS) is 35.0. The van der Waals surface area contributed by atoms with Crippen LogP contribution in [0.1, 0.15) is 55.3 Å². The Morgan fingerprint density at radius 3 is 2.00 bits per heavy atom. The summed E-state index contributed by atoms with van der Waals surface area (Å²) in [7, 11) is 0. The van der Waals surface area contributed by atoms with Gasteiger partial charge in [0.2, 0.25) is 0 Å². The van der Waals surface area contributed by atoms with Crippen LogP contribution >= 0.6 is 0 Å². The van der Waals surface area contributed by atoms with Crippen LogP contribution in [0, 0.1) is 31.6 Å². The van der Waals surface area contributed by atoms with E-state index in [4.69, 9.17) is 0 Å². The Balaban J connectivity index is 1.62. The summed E-state index contributed by atoms with van der Waals surface area (Å²) >= 11 is 0. The summed E-state index contributed by atoms with van der Waals surface area (Å²) in [4.78, 5) is 0. The topological polar surface area (TPSA) is 4.93 Å². The predicted octanol–water partition coefficient (Wildman–Crippen LogP) is 5.56. The van der Waals surface area contributed by atoms with Gasteiger partial charge in [0.05, 0.1) is 0 Å². The fourth-order valence-corrected chi connectivity index (χ4v) is 6.53. The maximum atomic E-state index is 2.49. The van der Waals surface area contributed by atoms with Gasteiger partial charge in [-0.15, -0.1) is 0 Å². The Bertz CT molecular complexity index is 702. The van der Waals surface area contributed by atoms with Crippen molar-refractivity contribution in [3.63, 3.8) is 0 Å². The number of nitrogens with zero attached hydrogens (tertiary/aromatic N) is 1. The molecule has 4 aliphatic carbocycles. The monoisotopic (exact) mass is 305 g/mol. The van der Waals surface area contributed by atoms with E-state index in [1.165, 1.54) is 49.9 Å². The van der Waals surface area contributed by atoms with Crippen LogP contribution in [0.5, 0.6) is 0 Å². The van der Waals surface area contributed by atoms with Crippen LogP contribution in [-0.4, -0.2) is 4.57 Å². The third kappa shape index (κ3) is 1.98. The summed E-state index contributed by atoms with van der Waals surface area (Å²) in [6, 6.07) is 10.9. The third-order valence-electron chi connectivity index (χ3n) is 7.21. The molecule has 2 aromatic rings. The molecule has 1 nitrogen and oxygen atoms in total. The molecule has 4 saturated carbocycles. The maximum absolute atomic E-state index is 2.49. The van der Waals surface area contributed by atoms with Crippen LogP contribution in [0.2, 0.25) is 0 Å². The Hall–Kier alpha value is -1.50. The first-order chi connectivity index (χ1) is 11.1. The molecule has 0 N–H and O–H groups in total. The standard InChI is InChI=1S/C22H27N/c1-15-16(2)23(20-6-4-3-5-7-20)14-21(15)22-11-17-8-18(12-22)10-19(9-17)13-22/h3-7,14,17-19H,8-13H2,1-2H3. The lowest BCUT2D eigenvalue weighted by Gasteiger charge is -2.57. The number of hydrogen-bond donors (Lipinski definition) is 0. The molecule has 4 aliphatic rings. The average Bonchev–Trinajstić information content (AvgIpc) is 2.83. The lowest BCUT2D eigenvalue weighted by atomic mass is 9.48. The zero-order chi connectivity index (χ0) is 15.6. The Morgan fingerprint density at radius 2 is 1.43 bits per heavy atom. The largest absolute Gasteiger partial charge is 0.321 e. The van der Waals surface area contributed by atoms with Gasteiger partial charge in [0, 0.05) is 17.6 Å². The fraction of sp³-hybridized carbons (Fsp3) is 0.545. The first-order valence-corrected chi connectivity index (χ1v) is 9.39. The van der Waals surface area contributed by atoms with E-state index in [1.54, 1.807) is 11.1 Å². The third-order valence-corrected chi connectivity index (χ3v) is 7.21. The van der Waals surface area contributed by atoms with Crippen LogP contribution in [0.15, 0.2) is 36.5 Å². The van der Waals surface area contributed by atoms with Crippen LogP contribution in [0.3, 0.4) is 0 Å². The number of hydrogen-bond acceptors (Lipinski definition) is 0. The molecule has 4 bridgehead atoms. The van der Waals surface area contributed by atoms with Gasteiger partial charge in [-0.2, -0.15) is 0 Å². The minimum atomic E-state index is 0.504. The van der Waals surface area contributed by atoms with Crippen molar-refractivity contribution in [1.82, 2.24) is 4.57 Å². The van der Waals surface area contributed by atoms with E-state index in [-0.39, 0.29) is 0 Å². The molecule has 0 unspecified atom stereocenters. The Morgan fingerprint density at radius 1 is 0.870 bits per heavy atom. The molecule has 4 fully saturated rings. The highest BCUT2D eigenvalue weighted by atomic mass is 15.0. The molecular weight excluding hydrogens is 278 g/mol. The molecule has 6 rings (SSSR count). The quantitative estimate of drug-likeness (QED) is 0.684. The Kier molecular flexibility index (Phi) is 2.87. The molecule has 0 saturated heterocycles. The number of rotatable bonds is 2. The van der Waals surface area contributed by atoms with Gasteiger partial charge in [0.25, 0.3) is 0 Å². The van der Waals surface area contributed by atoms with E-state index in [9.17, 15) is 0 Å². The summed E-state index contributed by atoms with van der Waals surface area (Å²) in [5.41, 5.74) is 6.48. The van der Waals surface area contributed by atoms with Crippen molar-refractivity contribution in [2.75, 3.05) is 0 Å². The molecule has 1 heterocycles. The van der Waals surface area contributed by atoms with Gasteiger partial charge in [-0.3, -0.25) is 0 Å². The van der Waals surface area contributed by atoms with Gasteiger partial charge in [-0.25, -0.2) is 0 Å². The van der Waals surface area contributed by atoms with Crippen LogP contribution in [0.25, 0.3) is 5.69 Å². The lowest BCUT2D eigenvalue weighted by molar-refractivity contribution is -0.00542. The van der Waals surface area contributed by atoms with E-state index >= 15 is 0 Å². The van der Waals surface area contributed by atoms with Gasteiger partial charge >= 0.3 is 0 Å². The molecule has 0 amide bonds. The number of benzene rings is 1. The highest BCUT2D eigenvalue weighted by Gasteiger charge is 2.52. The summed E-state index contributed by atoms with van der Waals surface area (Å²) in [6.07, 6.45) is 11.4. The molecule has 1 aromatic heterocycles. The number of aromatic nitrogens is 1. The van der Waals surface area contributed by atoms with Crippen molar-refractivity contribution >= 4 is 0 Å². The summed E-state index contributed by atoms with van der Waals surface area (Å²) in [5.74, 6) is 3.04. The van der Waals surface area contributed by atoms with Gasteiger partial charge in [-0.05, 0) is 98.8 Å². The second kappa shape index (κ2) is 4.75. The second-order valence-electron chi connectivity index (χ2n) is 8.66. The molecule has 0 aliphatic heterocycles. The first-order valence-electron chi connectivity index (χ1n) is 9.39.